The molecule has 0 saturated heterocycles. The lowest BCUT2D eigenvalue weighted by Crippen LogP contribution is -2.22. The zero-order chi connectivity index (χ0) is 22.0. The van der Waals surface area contributed by atoms with Crippen LogP contribution in [0.5, 0.6) is 0 Å². The Kier molecular flexibility index (Phi) is 6.46. The van der Waals surface area contributed by atoms with Gasteiger partial charge in [-0.2, -0.15) is 0 Å². The molecule has 0 spiro atoms. The first kappa shape index (κ1) is 21.6. The molecule has 0 atom stereocenters. The maximum atomic E-state index is 12.4. The number of nitrogens with zero attached hydrogens (tertiary/aromatic N) is 4. The van der Waals surface area contributed by atoms with Gasteiger partial charge < -0.3 is 0 Å². The molecule has 0 saturated carbocycles. The SMILES string of the molecule is CC(=O)N(c1ccc(C)c(C)c1)c1nc(CSc2nccn2-c2cccc(Cl)c2)cs1. The molecule has 4 aromatic rings. The van der Waals surface area contributed by atoms with Crippen LogP contribution in [0.2, 0.25) is 5.02 Å². The maximum absolute atomic E-state index is 12.4. The summed E-state index contributed by atoms with van der Waals surface area (Å²) in [6.07, 6.45) is 3.69. The number of carbonyl (C=O) groups is 1. The maximum Gasteiger partial charge on any atom is 0.230 e. The third-order valence-electron chi connectivity index (χ3n) is 4.84. The summed E-state index contributed by atoms with van der Waals surface area (Å²) >= 11 is 9.19. The molecule has 158 valence electrons. The molecule has 2 heterocycles. The Morgan fingerprint density at radius 3 is 2.77 bits per heavy atom. The van der Waals surface area contributed by atoms with Crippen LogP contribution in [0.1, 0.15) is 23.7 Å². The van der Waals surface area contributed by atoms with Gasteiger partial charge in [0.25, 0.3) is 0 Å². The minimum absolute atomic E-state index is 0.0618. The van der Waals surface area contributed by atoms with Crippen molar-refractivity contribution in [2.45, 2.75) is 31.7 Å². The number of amides is 1. The highest BCUT2D eigenvalue weighted by molar-refractivity contribution is 7.98. The van der Waals surface area contributed by atoms with Crippen molar-refractivity contribution in [2.75, 3.05) is 4.90 Å². The van der Waals surface area contributed by atoms with Crippen molar-refractivity contribution in [1.29, 1.82) is 0 Å². The number of anilines is 2. The fraction of sp³-hybridized carbons (Fsp3) is 0.174. The highest BCUT2D eigenvalue weighted by Gasteiger charge is 2.19. The lowest BCUT2D eigenvalue weighted by atomic mass is 10.1. The van der Waals surface area contributed by atoms with Gasteiger partial charge >= 0.3 is 0 Å². The molecule has 4 rings (SSSR count). The molecular weight excluding hydrogens is 448 g/mol. The standard InChI is InChI=1S/C23H21ClN4OS2/c1-15-7-8-21(11-16(15)2)28(17(3)29)23-26-19(14-31-23)13-30-22-25-9-10-27(22)20-6-4-5-18(24)12-20/h4-12,14H,13H2,1-3H3. The highest BCUT2D eigenvalue weighted by atomic mass is 35.5. The van der Waals surface area contributed by atoms with Crippen molar-refractivity contribution < 1.29 is 4.79 Å². The largest absolute Gasteiger partial charge is 0.295 e. The Labute approximate surface area is 194 Å². The van der Waals surface area contributed by atoms with E-state index in [4.69, 9.17) is 16.6 Å². The van der Waals surface area contributed by atoms with Crippen molar-refractivity contribution >= 4 is 51.4 Å². The van der Waals surface area contributed by atoms with E-state index < -0.39 is 0 Å². The summed E-state index contributed by atoms with van der Waals surface area (Å²) < 4.78 is 2.00. The average Bonchev–Trinajstić information content (AvgIpc) is 3.38. The molecule has 0 aliphatic rings. The van der Waals surface area contributed by atoms with Crippen LogP contribution < -0.4 is 4.90 Å². The number of aromatic nitrogens is 3. The zero-order valence-corrected chi connectivity index (χ0v) is 19.8. The first-order valence-corrected chi connectivity index (χ1v) is 11.9. The van der Waals surface area contributed by atoms with Crippen molar-refractivity contribution in [3.8, 4) is 5.69 Å². The van der Waals surface area contributed by atoms with Crippen LogP contribution in [0.15, 0.2) is 65.4 Å². The molecule has 31 heavy (non-hydrogen) atoms. The van der Waals surface area contributed by atoms with Crippen molar-refractivity contribution in [1.82, 2.24) is 14.5 Å². The lowest BCUT2D eigenvalue weighted by molar-refractivity contribution is -0.115. The third-order valence-corrected chi connectivity index (χ3v) is 6.95. The Bertz CT molecular complexity index is 1230. The van der Waals surface area contributed by atoms with Crippen molar-refractivity contribution in [3.63, 3.8) is 0 Å². The Morgan fingerprint density at radius 2 is 2.03 bits per heavy atom. The number of hydrogen-bond acceptors (Lipinski definition) is 5. The Morgan fingerprint density at radius 1 is 1.19 bits per heavy atom. The number of rotatable bonds is 6. The quantitative estimate of drug-likeness (QED) is 0.300. The van der Waals surface area contributed by atoms with Gasteiger partial charge in [0.15, 0.2) is 10.3 Å². The monoisotopic (exact) mass is 468 g/mol. The number of benzene rings is 2. The molecular formula is C23H21ClN4OS2. The topological polar surface area (TPSA) is 51.0 Å². The summed E-state index contributed by atoms with van der Waals surface area (Å²) in [5, 5.41) is 4.20. The molecule has 1 amide bonds. The van der Waals surface area contributed by atoms with E-state index in [0.29, 0.717) is 15.9 Å². The van der Waals surface area contributed by atoms with Gasteiger partial charge in [0.05, 0.1) is 11.4 Å². The molecule has 0 aliphatic heterocycles. The summed E-state index contributed by atoms with van der Waals surface area (Å²) in [7, 11) is 0. The van der Waals surface area contributed by atoms with E-state index in [0.717, 1.165) is 27.8 Å². The molecule has 0 radical (unpaired) electrons. The lowest BCUT2D eigenvalue weighted by Gasteiger charge is -2.19. The van der Waals surface area contributed by atoms with E-state index in [1.54, 1.807) is 29.8 Å². The first-order chi connectivity index (χ1) is 14.9. The third kappa shape index (κ3) is 4.84. The first-order valence-electron chi connectivity index (χ1n) is 9.67. The van der Waals surface area contributed by atoms with E-state index in [9.17, 15) is 4.79 Å². The van der Waals surface area contributed by atoms with Crippen LogP contribution >= 0.6 is 34.7 Å². The van der Waals surface area contributed by atoms with E-state index in [2.05, 4.69) is 11.9 Å². The Balaban J connectivity index is 1.52. The molecule has 2 aromatic carbocycles. The number of halogens is 1. The van der Waals surface area contributed by atoms with Crippen molar-refractivity contribution in [2.24, 2.45) is 0 Å². The molecule has 8 heteroatoms. The predicted molar refractivity (Wildman–Crippen MR) is 129 cm³/mol. The van der Waals surface area contributed by atoms with Crippen LogP contribution in [-0.4, -0.2) is 20.4 Å². The highest BCUT2D eigenvalue weighted by Crippen LogP contribution is 2.32. The van der Waals surface area contributed by atoms with Crippen LogP contribution in [0.4, 0.5) is 10.8 Å². The second-order valence-electron chi connectivity index (χ2n) is 7.09. The van der Waals surface area contributed by atoms with Gasteiger partial charge in [-0.3, -0.25) is 14.3 Å². The Hall–Kier alpha value is -2.61. The molecule has 2 aromatic heterocycles. The number of thiazole rings is 1. The second-order valence-corrected chi connectivity index (χ2v) is 9.31. The zero-order valence-electron chi connectivity index (χ0n) is 17.4. The molecule has 0 N–H and O–H groups in total. The normalized spacial score (nSPS) is 11.0. The fourth-order valence-electron chi connectivity index (χ4n) is 3.11. The molecule has 0 bridgehead atoms. The average molecular weight is 469 g/mol. The van der Waals surface area contributed by atoms with Gasteiger partial charge in [-0.25, -0.2) is 9.97 Å². The van der Waals surface area contributed by atoms with Gasteiger partial charge in [0.2, 0.25) is 5.91 Å². The smallest absolute Gasteiger partial charge is 0.230 e. The van der Waals surface area contributed by atoms with Gasteiger partial charge in [-0.15, -0.1) is 11.3 Å². The van der Waals surface area contributed by atoms with Crippen LogP contribution in [0.25, 0.3) is 5.69 Å². The molecule has 0 aliphatic carbocycles. The summed E-state index contributed by atoms with van der Waals surface area (Å²) in [4.78, 5) is 23.2. The van der Waals surface area contributed by atoms with E-state index in [1.807, 2.05) is 65.5 Å². The molecule has 0 unspecified atom stereocenters. The number of hydrogen-bond donors (Lipinski definition) is 0. The summed E-state index contributed by atoms with van der Waals surface area (Å²) in [5.74, 6) is 0.584. The van der Waals surface area contributed by atoms with Gasteiger partial charge in [0.1, 0.15) is 0 Å². The number of imidazole rings is 1. The van der Waals surface area contributed by atoms with Gasteiger partial charge in [-0.1, -0.05) is 35.5 Å². The van der Waals surface area contributed by atoms with Gasteiger partial charge in [0, 0.05) is 41.2 Å². The summed E-state index contributed by atoms with van der Waals surface area (Å²) in [6.45, 7) is 5.67. The van der Waals surface area contributed by atoms with Crippen LogP contribution in [0, 0.1) is 13.8 Å². The van der Waals surface area contributed by atoms with E-state index in [-0.39, 0.29) is 5.91 Å². The van der Waals surface area contributed by atoms with Gasteiger partial charge in [-0.05, 0) is 55.3 Å². The number of carbonyl (C=O) groups excluding carboxylic acids is 1. The second kappa shape index (κ2) is 9.26. The number of aryl methyl sites for hydroxylation is 2. The van der Waals surface area contributed by atoms with Crippen molar-refractivity contribution in [3.05, 3.63) is 82.1 Å². The summed E-state index contributed by atoms with van der Waals surface area (Å²) in [5.41, 5.74) is 5.04. The molecule has 5 nitrogen and oxygen atoms in total. The van der Waals surface area contributed by atoms with E-state index >= 15 is 0 Å². The fourth-order valence-corrected chi connectivity index (χ4v) is 5.16. The van der Waals surface area contributed by atoms with Crippen LogP contribution in [-0.2, 0) is 10.5 Å². The number of thioether (sulfide) groups is 1. The summed E-state index contributed by atoms with van der Waals surface area (Å²) in [6, 6.07) is 13.7. The molecule has 0 fully saturated rings. The van der Waals surface area contributed by atoms with E-state index in [1.165, 1.54) is 16.9 Å². The minimum Gasteiger partial charge on any atom is -0.295 e. The van der Waals surface area contributed by atoms with Crippen LogP contribution in [0.3, 0.4) is 0 Å². The predicted octanol–water partition coefficient (Wildman–Crippen LogP) is 6.58. The minimum atomic E-state index is -0.0618.